The van der Waals surface area contributed by atoms with Gasteiger partial charge in [0.25, 0.3) is 0 Å². The Morgan fingerprint density at radius 1 is 1.18 bits per heavy atom. The van der Waals surface area contributed by atoms with Crippen LogP contribution in [0.4, 0.5) is 0 Å². The first kappa shape index (κ1) is 23.8. The van der Waals surface area contributed by atoms with Crippen molar-refractivity contribution in [1.29, 1.82) is 0 Å². The van der Waals surface area contributed by atoms with Gasteiger partial charge in [-0.1, -0.05) is 41.6 Å². The summed E-state index contributed by atoms with van der Waals surface area (Å²) in [6, 6.07) is 11.4. The molecular formula is C26H28N4O3S. The second-order valence-corrected chi connectivity index (χ2v) is 9.08. The Hall–Kier alpha value is -3.39. The van der Waals surface area contributed by atoms with E-state index in [9.17, 15) is 9.59 Å². The number of carbonyl (C=O) groups excluding carboxylic acids is 2. The lowest BCUT2D eigenvalue weighted by Crippen LogP contribution is -2.38. The van der Waals surface area contributed by atoms with E-state index in [0.29, 0.717) is 17.8 Å². The van der Waals surface area contributed by atoms with Gasteiger partial charge >= 0.3 is 5.97 Å². The zero-order valence-corrected chi connectivity index (χ0v) is 20.6. The Labute approximate surface area is 204 Å². The summed E-state index contributed by atoms with van der Waals surface area (Å²) in [6.07, 6.45) is 1.86. The molecule has 0 radical (unpaired) electrons. The van der Waals surface area contributed by atoms with Crippen LogP contribution in [0.5, 0.6) is 0 Å². The van der Waals surface area contributed by atoms with Crippen molar-refractivity contribution in [3.63, 3.8) is 0 Å². The first-order chi connectivity index (χ1) is 16.4. The van der Waals surface area contributed by atoms with E-state index in [-0.39, 0.29) is 24.9 Å². The average molecular weight is 477 g/mol. The second-order valence-electron chi connectivity index (χ2n) is 8.25. The molecule has 0 fully saturated rings. The van der Waals surface area contributed by atoms with Gasteiger partial charge in [0, 0.05) is 11.9 Å². The molecule has 1 aromatic carbocycles. The lowest BCUT2D eigenvalue weighted by Gasteiger charge is -2.37. The van der Waals surface area contributed by atoms with Crippen LogP contribution in [-0.4, -0.2) is 33.5 Å². The van der Waals surface area contributed by atoms with Gasteiger partial charge in [0.05, 0.1) is 42.6 Å². The summed E-state index contributed by atoms with van der Waals surface area (Å²) in [6.45, 7) is 8.33. The van der Waals surface area contributed by atoms with Gasteiger partial charge in [-0.3, -0.25) is 9.78 Å². The molecule has 0 saturated heterocycles. The maximum absolute atomic E-state index is 13.1. The van der Waals surface area contributed by atoms with Crippen molar-refractivity contribution < 1.29 is 14.3 Å². The van der Waals surface area contributed by atoms with Crippen LogP contribution in [0.3, 0.4) is 0 Å². The molecule has 1 amide bonds. The van der Waals surface area contributed by atoms with E-state index in [0.717, 1.165) is 33.2 Å². The highest BCUT2D eigenvalue weighted by Gasteiger charge is 2.41. The minimum Gasteiger partial charge on any atom is -0.463 e. The summed E-state index contributed by atoms with van der Waals surface area (Å²) >= 11 is 1.47. The lowest BCUT2D eigenvalue weighted by atomic mass is 9.90. The number of amides is 1. The average Bonchev–Trinajstić information content (AvgIpc) is 3.21. The Balaban J connectivity index is 1.65. The third-order valence-electron chi connectivity index (χ3n) is 5.76. The molecule has 0 aliphatic carbocycles. The number of allylic oxidation sites excluding steroid dienone is 1. The molecule has 3 heterocycles. The molecule has 176 valence electrons. The topological polar surface area (TPSA) is 83.9 Å². The van der Waals surface area contributed by atoms with Gasteiger partial charge in [0.1, 0.15) is 0 Å². The number of ether oxygens (including phenoxy) is 1. The van der Waals surface area contributed by atoms with E-state index >= 15 is 0 Å². The van der Waals surface area contributed by atoms with Crippen molar-refractivity contribution >= 4 is 28.8 Å². The molecular weight excluding hydrogens is 448 g/mol. The molecule has 2 aromatic rings. The molecule has 1 N–H and O–H groups in total. The van der Waals surface area contributed by atoms with Crippen LogP contribution in [0.25, 0.3) is 0 Å². The molecule has 0 saturated carbocycles. The zero-order valence-electron chi connectivity index (χ0n) is 19.8. The highest BCUT2D eigenvalue weighted by Crippen LogP contribution is 2.45. The summed E-state index contributed by atoms with van der Waals surface area (Å²) in [5.74, 6) is -0.507. The van der Waals surface area contributed by atoms with Crippen molar-refractivity contribution in [2.75, 3.05) is 6.61 Å². The number of thioether (sulfide) groups is 1. The number of nitrogens with zero attached hydrogens (tertiary/aromatic N) is 3. The van der Waals surface area contributed by atoms with E-state index in [1.807, 2.05) is 49.3 Å². The van der Waals surface area contributed by atoms with E-state index in [1.165, 1.54) is 11.8 Å². The summed E-state index contributed by atoms with van der Waals surface area (Å²) in [4.78, 5) is 36.9. The van der Waals surface area contributed by atoms with E-state index in [2.05, 4.69) is 28.5 Å². The van der Waals surface area contributed by atoms with Gasteiger partial charge < -0.3 is 15.0 Å². The molecule has 4 rings (SSSR count). The monoisotopic (exact) mass is 476 g/mol. The Bertz CT molecular complexity index is 1200. The SMILES string of the molecule is CCOC(=O)C1=C(C)N=C2SC=C(CC(=O)NCc3ccccn3)N2C1c1cc(C)ccc1C. The van der Waals surface area contributed by atoms with Crippen LogP contribution in [0.2, 0.25) is 0 Å². The summed E-state index contributed by atoms with van der Waals surface area (Å²) in [5.41, 5.74) is 5.87. The van der Waals surface area contributed by atoms with E-state index < -0.39 is 6.04 Å². The third kappa shape index (κ3) is 4.92. The van der Waals surface area contributed by atoms with Gasteiger partial charge in [-0.2, -0.15) is 0 Å². The standard InChI is InChI=1S/C26H28N4O3S/c1-5-33-25(32)23-18(4)29-26-30(24(23)21-12-16(2)9-10-17(21)3)20(15-34-26)13-22(31)28-14-19-8-6-7-11-27-19/h6-12,15,24H,5,13-14H2,1-4H3,(H,28,31). The maximum Gasteiger partial charge on any atom is 0.338 e. The number of aromatic nitrogens is 1. The quantitative estimate of drug-likeness (QED) is 0.591. The number of esters is 1. The minimum absolute atomic E-state index is 0.123. The number of carbonyl (C=O) groups is 2. The molecule has 2 aliphatic heterocycles. The Morgan fingerprint density at radius 3 is 2.74 bits per heavy atom. The van der Waals surface area contributed by atoms with Crippen molar-refractivity contribution in [3.8, 4) is 0 Å². The smallest absolute Gasteiger partial charge is 0.338 e. The van der Waals surface area contributed by atoms with Gasteiger partial charge in [-0.05, 0) is 56.4 Å². The van der Waals surface area contributed by atoms with Crippen molar-refractivity contribution in [2.24, 2.45) is 4.99 Å². The maximum atomic E-state index is 13.1. The number of hydrogen-bond acceptors (Lipinski definition) is 7. The number of pyridine rings is 1. The molecule has 7 nitrogen and oxygen atoms in total. The van der Waals surface area contributed by atoms with Crippen LogP contribution in [0.1, 0.15) is 48.7 Å². The number of rotatable bonds is 7. The number of amidine groups is 1. The first-order valence-corrected chi connectivity index (χ1v) is 12.1. The second kappa shape index (κ2) is 10.3. The first-order valence-electron chi connectivity index (χ1n) is 11.2. The molecule has 2 aliphatic rings. The third-order valence-corrected chi connectivity index (χ3v) is 6.65. The molecule has 1 unspecified atom stereocenters. The van der Waals surface area contributed by atoms with Crippen molar-refractivity contribution in [1.82, 2.24) is 15.2 Å². The van der Waals surface area contributed by atoms with Crippen LogP contribution >= 0.6 is 11.8 Å². The minimum atomic E-state index is -0.420. The van der Waals surface area contributed by atoms with E-state index in [1.54, 1.807) is 13.1 Å². The normalized spacial score (nSPS) is 17.2. The molecule has 0 bridgehead atoms. The lowest BCUT2D eigenvalue weighted by molar-refractivity contribution is -0.139. The zero-order chi connectivity index (χ0) is 24.2. The summed E-state index contributed by atoms with van der Waals surface area (Å²) in [7, 11) is 0. The van der Waals surface area contributed by atoms with Crippen LogP contribution in [0.15, 0.2) is 70.0 Å². The number of hydrogen-bond donors (Lipinski definition) is 1. The number of nitrogens with one attached hydrogen (secondary N) is 1. The van der Waals surface area contributed by atoms with Gasteiger partial charge in [0.15, 0.2) is 5.17 Å². The fourth-order valence-corrected chi connectivity index (χ4v) is 5.07. The Morgan fingerprint density at radius 2 is 2.00 bits per heavy atom. The molecule has 1 aromatic heterocycles. The van der Waals surface area contributed by atoms with Gasteiger partial charge in [-0.25, -0.2) is 9.79 Å². The highest BCUT2D eigenvalue weighted by molar-refractivity contribution is 8.16. The van der Waals surface area contributed by atoms with Crippen LogP contribution in [-0.2, 0) is 20.9 Å². The predicted molar refractivity (Wildman–Crippen MR) is 134 cm³/mol. The fourth-order valence-electron chi connectivity index (χ4n) is 4.11. The Kier molecular flexibility index (Phi) is 7.17. The van der Waals surface area contributed by atoms with Crippen LogP contribution < -0.4 is 5.32 Å². The molecule has 8 heteroatoms. The number of benzene rings is 1. The predicted octanol–water partition coefficient (Wildman–Crippen LogP) is 4.54. The van der Waals surface area contributed by atoms with Crippen molar-refractivity contribution in [3.05, 3.63) is 87.4 Å². The largest absolute Gasteiger partial charge is 0.463 e. The molecule has 0 spiro atoms. The number of aliphatic imine (C=N–C) groups is 1. The molecule has 34 heavy (non-hydrogen) atoms. The number of fused-ring (bicyclic) bond motifs is 1. The van der Waals surface area contributed by atoms with Crippen molar-refractivity contribution in [2.45, 2.75) is 46.7 Å². The van der Waals surface area contributed by atoms with Gasteiger partial charge in [-0.15, -0.1) is 0 Å². The fraction of sp³-hybridized carbons (Fsp3) is 0.308. The van der Waals surface area contributed by atoms with Gasteiger partial charge in [0.2, 0.25) is 5.91 Å². The van der Waals surface area contributed by atoms with Crippen LogP contribution in [0, 0.1) is 13.8 Å². The number of aryl methyl sites for hydroxylation is 2. The summed E-state index contributed by atoms with van der Waals surface area (Å²) in [5, 5.41) is 5.63. The van der Waals surface area contributed by atoms with E-state index in [4.69, 9.17) is 9.73 Å². The molecule has 1 atom stereocenters. The summed E-state index contributed by atoms with van der Waals surface area (Å²) < 4.78 is 5.42. The highest BCUT2D eigenvalue weighted by atomic mass is 32.2.